The zero-order valence-electron chi connectivity index (χ0n) is 34.2. The Kier molecular flexibility index (Phi) is 22.6. The molecule has 0 saturated carbocycles. The molecule has 0 spiro atoms. The fourth-order valence-corrected chi connectivity index (χ4v) is 13.0. The monoisotopic (exact) mass is 780 g/mol. The van der Waals surface area contributed by atoms with Crippen LogP contribution in [0.3, 0.4) is 0 Å². The molecule has 0 aliphatic rings. The van der Waals surface area contributed by atoms with Crippen molar-refractivity contribution in [2.24, 2.45) is 0 Å². The minimum atomic E-state index is 1.25. The molecule has 0 aliphatic carbocycles. The molecule has 0 fully saturated rings. The van der Waals surface area contributed by atoms with Gasteiger partial charge in [0.15, 0.2) is 0 Å². The lowest BCUT2D eigenvalue weighted by Crippen LogP contribution is -1.87. The predicted molar refractivity (Wildman–Crippen MR) is 244 cm³/mol. The maximum absolute atomic E-state index is 2.43. The van der Waals surface area contributed by atoms with Crippen LogP contribution in [-0.2, 0) is 12.8 Å². The van der Waals surface area contributed by atoms with Gasteiger partial charge in [0.2, 0.25) is 0 Å². The quantitative estimate of drug-likeness (QED) is 0.0433. The molecule has 0 N–H and O–H groups in total. The van der Waals surface area contributed by atoms with Gasteiger partial charge < -0.3 is 0 Å². The highest BCUT2D eigenvalue weighted by molar-refractivity contribution is 7.32. The molecule has 4 aromatic heterocycles. The van der Waals surface area contributed by atoms with Crippen LogP contribution < -0.4 is 0 Å². The van der Waals surface area contributed by atoms with E-state index >= 15 is 0 Å². The number of hydrogen-bond donors (Lipinski definition) is 0. The molecule has 52 heavy (non-hydrogen) atoms. The van der Waals surface area contributed by atoms with Crippen LogP contribution in [0.1, 0.15) is 215 Å². The molecule has 4 heteroatoms. The van der Waals surface area contributed by atoms with Gasteiger partial charge in [0.05, 0.1) is 0 Å². The van der Waals surface area contributed by atoms with Gasteiger partial charge in [-0.15, -0.1) is 45.3 Å². The van der Waals surface area contributed by atoms with Gasteiger partial charge in [-0.1, -0.05) is 181 Å². The van der Waals surface area contributed by atoms with Gasteiger partial charge in [0, 0.05) is 38.7 Å². The molecule has 0 aliphatic heterocycles. The van der Waals surface area contributed by atoms with Gasteiger partial charge in [-0.3, -0.25) is 0 Å². The van der Waals surface area contributed by atoms with Crippen molar-refractivity contribution in [3.05, 3.63) is 45.1 Å². The summed E-state index contributed by atoms with van der Waals surface area (Å²) in [6.07, 6.45) is 42.6. The fourth-order valence-electron chi connectivity index (χ4n) is 8.00. The van der Waals surface area contributed by atoms with Crippen LogP contribution in [0.15, 0.2) is 24.3 Å². The van der Waals surface area contributed by atoms with Gasteiger partial charge in [-0.2, -0.15) is 0 Å². The second-order valence-corrected chi connectivity index (χ2v) is 20.6. The second-order valence-electron chi connectivity index (χ2n) is 16.0. The van der Waals surface area contributed by atoms with Crippen molar-refractivity contribution >= 4 is 54.7 Å². The number of aryl methyl sites for hydroxylation is 4. The van der Waals surface area contributed by atoms with Crippen LogP contribution in [0.4, 0.5) is 0 Å². The Morgan fingerprint density at radius 1 is 0.346 bits per heavy atom. The van der Waals surface area contributed by atoms with Crippen LogP contribution in [0.25, 0.3) is 28.9 Å². The summed E-state index contributed by atoms with van der Waals surface area (Å²) in [5.41, 5.74) is 3.36. The molecule has 292 valence electrons. The van der Waals surface area contributed by atoms with E-state index in [-0.39, 0.29) is 0 Å². The molecule has 4 aromatic rings. The largest absolute Gasteiger partial charge is 0.140 e. The first-order valence-corrected chi connectivity index (χ1v) is 25.6. The summed E-state index contributed by atoms with van der Waals surface area (Å²) in [4.78, 5) is 8.94. The maximum atomic E-state index is 2.43. The molecule has 0 bridgehead atoms. The first-order valence-electron chi connectivity index (χ1n) is 22.3. The first-order chi connectivity index (χ1) is 25.6. The Balaban J connectivity index is 1.23. The van der Waals surface area contributed by atoms with E-state index < -0.39 is 0 Å². The lowest BCUT2D eigenvalue weighted by molar-refractivity contribution is 0.535. The summed E-state index contributed by atoms with van der Waals surface area (Å²) in [6, 6.07) is 9.40. The summed E-state index contributed by atoms with van der Waals surface area (Å²) in [5.74, 6) is 0. The summed E-state index contributed by atoms with van der Waals surface area (Å²) < 4.78 is 3.27. The van der Waals surface area contributed by atoms with E-state index in [2.05, 4.69) is 74.6 Å². The molecule has 0 radical (unpaired) electrons. The van der Waals surface area contributed by atoms with Gasteiger partial charge in [-0.05, 0) is 74.9 Å². The second kappa shape index (κ2) is 26.8. The number of rotatable bonds is 32. The van der Waals surface area contributed by atoms with Crippen molar-refractivity contribution in [3.63, 3.8) is 0 Å². The summed E-state index contributed by atoms with van der Waals surface area (Å²) in [7, 11) is 0. The Labute approximate surface area is 337 Å². The minimum absolute atomic E-state index is 1.25. The van der Waals surface area contributed by atoms with E-state index in [1.165, 1.54) is 212 Å². The van der Waals surface area contributed by atoms with E-state index in [9.17, 15) is 0 Å². The molecule has 4 rings (SSSR count). The predicted octanol–water partition coefficient (Wildman–Crippen LogP) is 19.1. The average Bonchev–Trinajstić information content (AvgIpc) is 3.94. The average molecular weight is 781 g/mol. The fraction of sp³-hybridized carbons (Fsp3) is 0.708. The van der Waals surface area contributed by atoms with E-state index in [0.29, 0.717) is 0 Å². The third kappa shape index (κ3) is 15.7. The van der Waals surface area contributed by atoms with Crippen molar-refractivity contribution in [2.75, 3.05) is 0 Å². The molecule has 0 nitrogen and oxygen atoms in total. The van der Waals surface area contributed by atoms with Crippen molar-refractivity contribution in [1.29, 1.82) is 0 Å². The molecular weight excluding hydrogens is 705 g/mol. The third-order valence-electron chi connectivity index (χ3n) is 11.3. The lowest BCUT2D eigenvalue weighted by Gasteiger charge is -2.05. The summed E-state index contributed by atoms with van der Waals surface area (Å²) in [5, 5.41) is 0. The molecule has 0 aromatic carbocycles. The zero-order chi connectivity index (χ0) is 36.6. The van der Waals surface area contributed by atoms with E-state index in [1.807, 2.05) is 22.7 Å². The highest BCUT2D eigenvalue weighted by atomic mass is 32.1. The Morgan fingerprint density at radius 2 is 0.712 bits per heavy atom. The van der Waals surface area contributed by atoms with Gasteiger partial charge in [0.25, 0.3) is 0 Å². The van der Waals surface area contributed by atoms with Crippen molar-refractivity contribution in [3.8, 4) is 19.5 Å². The van der Waals surface area contributed by atoms with E-state index in [1.54, 1.807) is 30.3 Å². The highest BCUT2D eigenvalue weighted by Gasteiger charge is 2.21. The topological polar surface area (TPSA) is 0 Å². The Morgan fingerprint density at radius 3 is 1.15 bits per heavy atom. The first kappa shape index (κ1) is 43.8. The van der Waals surface area contributed by atoms with Crippen molar-refractivity contribution in [2.45, 2.75) is 220 Å². The molecule has 0 saturated heterocycles. The summed E-state index contributed by atoms with van der Waals surface area (Å²) in [6.45, 7) is 9.27. The van der Waals surface area contributed by atoms with Crippen LogP contribution in [0, 0.1) is 13.8 Å². The Bertz CT molecular complexity index is 1460. The number of unbranched alkanes of at least 4 members (excludes halogenated alkanes) is 26. The Hall–Kier alpha value is -0.940. The number of fused-ring (bicyclic) bond motifs is 1. The molecule has 4 heterocycles. The van der Waals surface area contributed by atoms with Gasteiger partial charge >= 0.3 is 0 Å². The third-order valence-corrected chi connectivity index (χ3v) is 16.4. The molecule has 0 amide bonds. The molecule has 0 atom stereocenters. The van der Waals surface area contributed by atoms with E-state index in [4.69, 9.17) is 0 Å². The van der Waals surface area contributed by atoms with Crippen LogP contribution in [0.2, 0.25) is 0 Å². The highest BCUT2D eigenvalue weighted by Crippen LogP contribution is 2.49. The zero-order valence-corrected chi connectivity index (χ0v) is 37.4. The smallest absolute Gasteiger partial charge is 0.0495 e. The molecular formula is C48H76S4. The lowest BCUT2D eigenvalue weighted by atomic mass is 10.0. The van der Waals surface area contributed by atoms with Crippen LogP contribution >= 0.6 is 45.3 Å². The van der Waals surface area contributed by atoms with Gasteiger partial charge in [0.1, 0.15) is 0 Å². The number of hydrogen-bond acceptors (Lipinski definition) is 4. The number of thiophene rings is 4. The van der Waals surface area contributed by atoms with E-state index in [0.717, 1.165) is 0 Å². The SMILES string of the molecule is CCCCCCCCCCCCCCCCc1c(C)sc2c(CCCCCCCCCCCCCCCC)c(-c3ccc(-c4ccc(C)s4)s3)sc12. The van der Waals surface area contributed by atoms with Crippen LogP contribution in [-0.4, -0.2) is 0 Å². The van der Waals surface area contributed by atoms with Crippen LogP contribution in [0.5, 0.6) is 0 Å². The van der Waals surface area contributed by atoms with Crippen molar-refractivity contribution < 1.29 is 0 Å². The van der Waals surface area contributed by atoms with Crippen molar-refractivity contribution in [1.82, 2.24) is 0 Å². The summed E-state index contributed by atoms with van der Waals surface area (Å²) >= 11 is 8.21. The maximum Gasteiger partial charge on any atom is 0.0495 e. The minimum Gasteiger partial charge on any atom is -0.140 e. The van der Waals surface area contributed by atoms with Gasteiger partial charge in [-0.25, -0.2) is 0 Å². The normalized spacial score (nSPS) is 11.8. The standard InChI is InChI=1S/C48H76S4/c1-5-7-9-11-13-15-17-19-21-23-25-27-29-31-33-41-40(4)50-48-42(34-32-30-28-26-24-22-20-18-16-14-12-10-8-6-2)46(52-47(41)48)45-38-37-44(51-45)43-36-35-39(3)49-43/h35-38H,5-34H2,1-4H3. The molecule has 0 unspecified atom stereocenters.